The third-order valence-corrected chi connectivity index (χ3v) is 1.16. The van der Waals surface area contributed by atoms with E-state index >= 15 is 0 Å². The zero-order valence-electron chi connectivity index (χ0n) is 8.98. The molecule has 2 heteroatoms. The molecule has 0 rings (SSSR count). The van der Waals surface area contributed by atoms with E-state index in [1.807, 2.05) is 12.2 Å². The minimum absolute atomic E-state index is 0. The molecule has 0 aliphatic carbocycles. The van der Waals surface area contributed by atoms with Crippen molar-refractivity contribution < 1.29 is 0 Å². The van der Waals surface area contributed by atoms with E-state index in [4.69, 9.17) is 0 Å². The summed E-state index contributed by atoms with van der Waals surface area (Å²) < 4.78 is 0. The molecule has 0 spiro atoms. The first kappa shape index (κ1) is 15.0. The zero-order chi connectivity index (χ0) is 9.45. The maximum Gasteiger partial charge on any atom is 0.0233 e. The Bertz CT molecular complexity index is 190. The van der Waals surface area contributed by atoms with Gasteiger partial charge in [-0.15, -0.1) is 12.4 Å². The maximum absolute atomic E-state index is 3.19. The number of hydrogen-bond acceptors (Lipinski definition) is 1. The van der Waals surface area contributed by atoms with E-state index in [1.54, 1.807) is 0 Å². The fraction of sp³-hybridized carbons (Fsp3) is 0.636. The molecule has 0 aromatic carbocycles. The summed E-state index contributed by atoms with van der Waals surface area (Å²) in [5.41, 5.74) is 0.114. The monoisotopic (exact) mass is 201 g/mol. The van der Waals surface area contributed by atoms with Crippen LogP contribution in [0.15, 0.2) is 12.2 Å². The largest absolute Gasteiger partial charge is 0.314 e. The van der Waals surface area contributed by atoms with Crippen molar-refractivity contribution in [3.8, 4) is 11.8 Å². The van der Waals surface area contributed by atoms with Crippen molar-refractivity contribution in [3.05, 3.63) is 12.2 Å². The highest BCUT2D eigenvalue weighted by Crippen LogP contribution is 2.09. The molecule has 0 fully saturated rings. The molecule has 0 aromatic rings. The molecule has 0 bridgehead atoms. The summed E-state index contributed by atoms with van der Waals surface area (Å²) in [6, 6.07) is 0. The van der Waals surface area contributed by atoms with Gasteiger partial charge in [0.25, 0.3) is 0 Å². The van der Waals surface area contributed by atoms with Crippen LogP contribution in [0.5, 0.6) is 0 Å². The lowest BCUT2D eigenvalue weighted by Crippen LogP contribution is -2.11. The highest BCUT2D eigenvalue weighted by atomic mass is 35.5. The first-order valence-corrected chi connectivity index (χ1v) is 4.44. The number of likely N-dealkylation sites (N-methyl/N-ethyl adjacent to an activating group) is 1. The van der Waals surface area contributed by atoms with Gasteiger partial charge < -0.3 is 5.32 Å². The minimum atomic E-state index is 0. The number of halogens is 1. The minimum Gasteiger partial charge on any atom is -0.314 e. The smallest absolute Gasteiger partial charge is 0.0233 e. The average Bonchev–Trinajstić information content (AvgIpc) is 1.94. The standard InChI is InChI=1S/C11H19N.ClH/c1-5-12-10-8-6-7-9-11(2,3)4;/h6,8,12H,5,10H2,1-4H3;1H/b8-6+;. The van der Waals surface area contributed by atoms with Crippen molar-refractivity contribution in [2.75, 3.05) is 13.1 Å². The van der Waals surface area contributed by atoms with Crippen LogP contribution in [0.4, 0.5) is 0 Å². The normalized spacial score (nSPS) is 10.5. The predicted octanol–water partition coefficient (Wildman–Crippen LogP) is 2.62. The van der Waals surface area contributed by atoms with Gasteiger partial charge in [-0.3, -0.25) is 0 Å². The molecule has 0 amide bonds. The summed E-state index contributed by atoms with van der Waals surface area (Å²) in [6.07, 6.45) is 3.95. The Morgan fingerprint density at radius 2 is 1.92 bits per heavy atom. The Morgan fingerprint density at radius 1 is 1.31 bits per heavy atom. The topological polar surface area (TPSA) is 12.0 Å². The summed E-state index contributed by atoms with van der Waals surface area (Å²) in [4.78, 5) is 0. The first-order valence-electron chi connectivity index (χ1n) is 4.44. The summed E-state index contributed by atoms with van der Waals surface area (Å²) >= 11 is 0. The predicted molar refractivity (Wildman–Crippen MR) is 62.2 cm³/mol. The van der Waals surface area contributed by atoms with E-state index in [1.165, 1.54) is 0 Å². The number of rotatable bonds is 3. The Morgan fingerprint density at radius 3 is 2.38 bits per heavy atom. The summed E-state index contributed by atoms with van der Waals surface area (Å²) in [6.45, 7) is 10.3. The van der Waals surface area contributed by atoms with Crippen LogP contribution in [0.3, 0.4) is 0 Å². The van der Waals surface area contributed by atoms with Gasteiger partial charge in [-0.2, -0.15) is 0 Å². The van der Waals surface area contributed by atoms with E-state index < -0.39 is 0 Å². The molecular formula is C11H20ClN. The fourth-order valence-electron chi connectivity index (χ4n) is 0.604. The Balaban J connectivity index is 0. The van der Waals surface area contributed by atoms with Crippen LogP contribution in [0, 0.1) is 17.3 Å². The van der Waals surface area contributed by atoms with Crippen molar-refractivity contribution in [2.45, 2.75) is 27.7 Å². The summed E-state index contributed by atoms with van der Waals surface area (Å²) in [7, 11) is 0. The van der Waals surface area contributed by atoms with Gasteiger partial charge in [0, 0.05) is 12.0 Å². The lowest BCUT2D eigenvalue weighted by atomic mass is 9.98. The summed E-state index contributed by atoms with van der Waals surface area (Å²) in [5, 5.41) is 3.19. The van der Waals surface area contributed by atoms with Gasteiger partial charge in [0.15, 0.2) is 0 Å². The second-order valence-corrected chi connectivity index (χ2v) is 3.73. The molecule has 0 heterocycles. The van der Waals surface area contributed by atoms with Crippen LogP contribution in [-0.4, -0.2) is 13.1 Å². The van der Waals surface area contributed by atoms with Gasteiger partial charge in [0.05, 0.1) is 0 Å². The van der Waals surface area contributed by atoms with Crippen molar-refractivity contribution in [2.24, 2.45) is 5.41 Å². The van der Waals surface area contributed by atoms with Gasteiger partial charge in [-0.25, -0.2) is 0 Å². The number of allylic oxidation sites excluding steroid dienone is 1. The molecular weight excluding hydrogens is 182 g/mol. The van der Waals surface area contributed by atoms with Crippen LogP contribution in [0.25, 0.3) is 0 Å². The van der Waals surface area contributed by atoms with Gasteiger partial charge >= 0.3 is 0 Å². The highest BCUT2D eigenvalue weighted by Gasteiger charge is 2.01. The van der Waals surface area contributed by atoms with Gasteiger partial charge in [-0.05, 0) is 33.4 Å². The SMILES string of the molecule is CCNC/C=C/C#CC(C)(C)C.Cl. The fourth-order valence-corrected chi connectivity index (χ4v) is 0.604. The molecule has 76 valence electrons. The highest BCUT2D eigenvalue weighted by molar-refractivity contribution is 5.85. The van der Waals surface area contributed by atoms with Gasteiger partial charge in [-0.1, -0.05) is 24.8 Å². The molecule has 1 nitrogen and oxygen atoms in total. The summed E-state index contributed by atoms with van der Waals surface area (Å²) in [5.74, 6) is 6.15. The molecule has 0 saturated carbocycles. The molecule has 13 heavy (non-hydrogen) atoms. The maximum atomic E-state index is 3.19. The molecule has 0 aromatic heterocycles. The number of nitrogens with one attached hydrogen (secondary N) is 1. The first-order chi connectivity index (χ1) is 5.56. The molecule has 0 aliphatic heterocycles. The molecule has 0 aliphatic rings. The number of hydrogen-bond donors (Lipinski definition) is 1. The van der Waals surface area contributed by atoms with E-state index in [0.717, 1.165) is 13.1 Å². The van der Waals surface area contributed by atoms with Crippen LogP contribution < -0.4 is 5.32 Å². The lowest BCUT2D eigenvalue weighted by Gasteiger charge is -2.05. The van der Waals surface area contributed by atoms with Crippen LogP contribution in [0.1, 0.15) is 27.7 Å². The quantitative estimate of drug-likeness (QED) is 0.547. The Hall–Kier alpha value is -0.450. The Labute approximate surface area is 88.4 Å². The molecule has 0 atom stereocenters. The van der Waals surface area contributed by atoms with Gasteiger partial charge in [0.1, 0.15) is 0 Å². The van der Waals surface area contributed by atoms with Crippen LogP contribution in [-0.2, 0) is 0 Å². The van der Waals surface area contributed by atoms with Crippen molar-refractivity contribution in [3.63, 3.8) is 0 Å². The van der Waals surface area contributed by atoms with Gasteiger partial charge in [0.2, 0.25) is 0 Å². The molecule has 1 N–H and O–H groups in total. The Kier molecular flexibility index (Phi) is 9.44. The zero-order valence-corrected chi connectivity index (χ0v) is 9.79. The van der Waals surface area contributed by atoms with Crippen LogP contribution in [0.2, 0.25) is 0 Å². The second kappa shape index (κ2) is 8.16. The van der Waals surface area contributed by atoms with E-state index in [9.17, 15) is 0 Å². The lowest BCUT2D eigenvalue weighted by molar-refractivity contribution is 0.571. The van der Waals surface area contributed by atoms with Crippen molar-refractivity contribution in [1.82, 2.24) is 5.32 Å². The van der Waals surface area contributed by atoms with Crippen LogP contribution >= 0.6 is 12.4 Å². The van der Waals surface area contributed by atoms with Crippen molar-refractivity contribution in [1.29, 1.82) is 0 Å². The van der Waals surface area contributed by atoms with E-state index in [2.05, 4.69) is 44.9 Å². The molecule has 0 radical (unpaired) electrons. The third kappa shape index (κ3) is 14.4. The molecule has 0 saturated heterocycles. The van der Waals surface area contributed by atoms with E-state index in [-0.39, 0.29) is 17.8 Å². The average molecular weight is 202 g/mol. The molecule has 0 unspecified atom stereocenters. The second-order valence-electron chi connectivity index (χ2n) is 3.73. The van der Waals surface area contributed by atoms with E-state index in [0.29, 0.717) is 0 Å². The third-order valence-electron chi connectivity index (χ3n) is 1.16. The van der Waals surface area contributed by atoms with Crippen molar-refractivity contribution >= 4 is 12.4 Å².